The van der Waals surface area contributed by atoms with Gasteiger partial charge in [0.15, 0.2) is 0 Å². The van der Waals surface area contributed by atoms with Crippen LogP contribution in [0.1, 0.15) is 0 Å². The minimum absolute atomic E-state index is 2.49. The van der Waals surface area contributed by atoms with E-state index in [-0.39, 0.29) is 0 Å². The lowest BCUT2D eigenvalue weighted by atomic mass is 10.1. The van der Waals surface area contributed by atoms with Crippen LogP contribution in [0.5, 0.6) is 0 Å². The predicted octanol–water partition coefficient (Wildman–Crippen LogP) is 3.34. The van der Waals surface area contributed by atoms with Gasteiger partial charge in [-0.3, -0.25) is 0 Å². The van der Waals surface area contributed by atoms with Gasteiger partial charge < -0.3 is 0 Å². The van der Waals surface area contributed by atoms with Gasteiger partial charge in [0, 0.05) is 0 Å². The Balaban J connectivity index is 5.27. The molecule has 0 saturated carbocycles. The van der Waals surface area contributed by atoms with Crippen LogP contribution >= 0.6 is 0 Å². The largest absolute Gasteiger partial charge is 0.266 e. The molecule has 0 aromatic heterocycles. The van der Waals surface area contributed by atoms with Crippen molar-refractivity contribution in [1.82, 2.24) is 0 Å². The van der Waals surface area contributed by atoms with Crippen LogP contribution in [0.15, 0.2) is 11.1 Å². The summed E-state index contributed by atoms with van der Waals surface area (Å²) in [5, 5.41) is 0. The van der Waals surface area contributed by atoms with Gasteiger partial charge in [-0.15, -0.1) is 0 Å². The Morgan fingerprint density at radius 1 is 0.429 bits per heavy atom. The summed E-state index contributed by atoms with van der Waals surface area (Å²) >= 11 is 0. The van der Waals surface area contributed by atoms with E-state index in [0.29, 0.717) is 0 Å². The van der Waals surface area contributed by atoms with Crippen molar-refractivity contribution in [2.75, 3.05) is 0 Å². The summed E-state index contributed by atoms with van der Waals surface area (Å²) in [5.41, 5.74) is -4.98. The van der Waals surface area contributed by atoms with E-state index in [1.165, 1.54) is 0 Å². The van der Waals surface area contributed by atoms with Gasteiger partial charge in [-0.05, 0) is 0 Å². The Labute approximate surface area is 73.2 Å². The molecule has 0 aliphatic rings. The Bertz CT molecular complexity index is 164. The molecule has 0 aromatic carbocycles. The van der Waals surface area contributed by atoms with Gasteiger partial charge in [-0.2, -0.15) is 0 Å². The summed E-state index contributed by atoms with van der Waals surface area (Å²) in [5.74, 6) is 0. The molecule has 0 amide bonds. The summed E-state index contributed by atoms with van der Waals surface area (Å²) < 4.78 is 93.7. The van der Waals surface area contributed by atoms with E-state index in [4.69, 9.17) is 0 Å². The third kappa shape index (κ3) is 3.15. The van der Waals surface area contributed by atoms with Crippen molar-refractivity contribution in [2.24, 2.45) is 0 Å². The average molecular weight is 228 g/mol. The van der Waals surface area contributed by atoms with Crippen molar-refractivity contribution in [2.45, 2.75) is 25.7 Å². The fourth-order valence-electron chi connectivity index (χ4n) is 0.694. The average Bonchev–Trinajstić information content (AvgIpc) is 1.96. The number of allylic oxidation sites excluding steroid dienone is 2. The van der Waals surface area contributed by atoms with Crippen LogP contribution in [0.3, 0.4) is 0 Å². The van der Waals surface area contributed by atoms with Crippen molar-refractivity contribution in [1.29, 1.82) is 0 Å². The maximum Gasteiger partial charge on any atom is 0.266 e. The zero-order valence-electron chi connectivity index (χ0n) is 6.33. The van der Waals surface area contributed by atoms with Crippen LogP contribution in [0.25, 0.3) is 0 Å². The highest BCUT2D eigenvalue weighted by atomic mass is 19.3. The van der Waals surface area contributed by atoms with E-state index < -0.39 is 36.8 Å². The van der Waals surface area contributed by atoms with Crippen molar-refractivity contribution in [3.8, 4) is 0 Å². The van der Waals surface area contributed by atoms with Crippen LogP contribution in [0, 0.1) is 0 Å². The molecule has 0 bridgehead atoms. The van der Waals surface area contributed by atoms with Crippen molar-refractivity contribution < 1.29 is 35.1 Å². The van der Waals surface area contributed by atoms with Crippen molar-refractivity contribution >= 4 is 0 Å². The van der Waals surface area contributed by atoms with Gasteiger partial charge in [-0.25, -0.2) is 35.1 Å². The highest BCUT2D eigenvalue weighted by Gasteiger charge is 2.34. The predicted molar refractivity (Wildman–Crippen MR) is 31.0 cm³/mol. The number of hydrogen-bond donors (Lipinski definition) is 0. The van der Waals surface area contributed by atoms with E-state index in [2.05, 4.69) is 0 Å². The Morgan fingerprint density at radius 3 is 0.643 bits per heavy atom. The van der Waals surface area contributed by atoms with Crippen molar-refractivity contribution in [3.63, 3.8) is 0 Å². The third-order valence-electron chi connectivity index (χ3n) is 1.27. The number of hydrogen-bond acceptors (Lipinski definition) is 0. The van der Waals surface area contributed by atoms with Gasteiger partial charge in [0.05, 0.1) is 11.1 Å². The molecule has 0 saturated heterocycles. The van der Waals surface area contributed by atoms with Crippen LogP contribution in [-0.4, -0.2) is 25.7 Å². The summed E-state index contributed by atoms with van der Waals surface area (Å²) in [6, 6.07) is 0. The topological polar surface area (TPSA) is 0 Å². The Morgan fingerprint density at radius 2 is 0.571 bits per heavy atom. The van der Waals surface area contributed by atoms with E-state index >= 15 is 0 Å². The summed E-state index contributed by atoms with van der Waals surface area (Å²) in [4.78, 5) is 0. The standard InChI is InChI=1S/C6H4F8/c7-3(8)1(4(9)10)2(5(11)12)6(13)14/h3-6H. The fourth-order valence-corrected chi connectivity index (χ4v) is 0.694. The van der Waals surface area contributed by atoms with Gasteiger partial charge in [0.1, 0.15) is 0 Å². The smallest absolute Gasteiger partial charge is 0.205 e. The summed E-state index contributed by atoms with van der Waals surface area (Å²) in [7, 11) is 0. The molecular formula is C6H4F8. The monoisotopic (exact) mass is 228 g/mol. The normalized spacial score (nSPS) is 12.0. The molecule has 0 spiro atoms. The van der Waals surface area contributed by atoms with Gasteiger partial charge in [0.2, 0.25) is 0 Å². The second-order valence-corrected chi connectivity index (χ2v) is 2.11. The maximum atomic E-state index is 11.7. The van der Waals surface area contributed by atoms with Crippen molar-refractivity contribution in [3.05, 3.63) is 11.1 Å². The Kier molecular flexibility index (Phi) is 4.86. The fraction of sp³-hybridized carbons (Fsp3) is 0.667. The molecule has 0 N–H and O–H groups in total. The lowest BCUT2D eigenvalue weighted by Crippen LogP contribution is -2.19. The SMILES string of the molecule is FC(F)C(=C(C(F)F)C(F)F)C(F)F. The lowest BCUT2D eigenvalue weighted by molar-refractivity contribution is 0.0718. The lowest BCUT2D eigenvalue weighted by Gasteiger charge is -2.12. The molecule has 0 unspecified atom stereocenters. The highest BCUT2D eigenvalue weighted by molar-refractivity contribution is 5.22. The quantitative estimate of drug-likeness (QED) is 0.511. The van der Waals surface area contributed by atoms with E-state index in [1.807, 2.05) is 0 Å². The van der Waals surface area contributed by atoms with Crippen LogP contribution in [0.2, 0.25) is 0 Å². The molecule has 0 radical (unpaired) electrons. The molecule has 0 heterocycles. The van der Waals surface area contributed by atoms with Crippen LogP contribution < -0.4 is 0 Å². The molecule has 84 valence electrons. The number of halogens is 8. The molecule has 0 aliphatic heterocycles. The van der Waals surface area contributed by atoms with Gasteiger partial charge in [-0.1, -0.05) is 0 Å². The van der Waals surface area contributed by atoms with E-state index in [9.17, 15) is 35.1 Å². The van der Waals surface area contributed by atoms with Gasteiger partial charge in [0.25, 0.3) is 25.7 Å². The highest BCUT2D eigenvalue weighted by Crippen LogP contribution is 2.29. The Hall–Kier alpha value is -0.820. The minimum atomic E-state index is -4.02. The molecule has 0 aromatic rings. The molecule has 14 heavy (non-hydrogen) atoms. The first-order valence-corrected chi connectivity index (χ1v) is 3.15. The molecule has 0 atom stereocenters. The first-order valence-electron chi connectivity index (χ1n) is 3.15. The molecule has 0 fully saturated rings. The van der Waals surface area contributed by atoms with Crippen LogP contribution in [0.4, 0.5) is 35.1 Å². The summed E-state index contributed by atoms with van der Waals surface area (Å²) in [6.07, 6.45) is -16.1. The molecule has 8 heteroatoms. The second kappa shape index (κ2) is 5.16. The number of rotatable bonds is 4. The molecule has 0 nitrogen and oxygen atoms in total. The van der Waals surface area contributed by atoms with E-state index in [0.717, 1.165) is 0 Å². The zero-order valence-corrected chi connectivity index (χ0v) is 6.33. The summed E-state index contributed by atoms with van der Waals surface area (Å²) in [6.45, 7) is 0. The van der Waals surface area contributed by atoms with E-state index in [1.54, 1.807) is 0 Å². The molecule has 0 aliphatic carbocycles. The maximum absolute atomic E-state index is 11.7. The molecule has 0 rings (SSSR count). The van der Waals surface area contributed by atoms with Crippen LogP contribution in [-0.2, 0) is 0 Å². The zero-order chi connectivity index (χ0) is 11.5. The first kappa shape index (κ1) is 13.2. The second-order valence-electron chi connectivity index (χ2n) is 2.11. The first-order chi connectivity index (χ1) is 6.29. The third-order valence-corrected chi connectivity index (χ3v) is 1.27. The molecular weight excluding hydrogens is 224 g/mol. The van der Waals surface area contributed by atoms with Gasteiger partial charge >= 0.3 is 0 Å². The number of alkyl halides is 8. The minimum Gasteiger partial charge on any atom is -0.205 e.